The number of carbonyl (C=O) groups excluding carboxylic acids is 2. The summed E-state index contributed by atoms with van der Waals surface area (Å²) in [6, 6.07) is 0. The van der Waals surface area contributed by atoms with E-state index in [0.717, 1.165) is 0 Å². The zero-order valence-electron chi connectivity index (χ0n) is 9.04. The van der Waals surface area contributed by atoms with Gasteiger partial charge in [-0.25, -0.2) is 0 Å². The van der Waals surface area contributed by atoms with Gasteiger partial charge >= 0.3 is 0 Å². The first-order valence-electron chi connectivity index (χ1n) is 5.19. The van der Waals surface area contributed by atoms with E-state index in [4.69, 9.17) is 5.53 Å². The van der Waals surface area contributed by atoms with Crippen LogP contribution in [0.4, 0.5) is 0 Å². The SMILES string of the molecule is CN1C(=O)[C@@H]2CN(CCN=[N+]=[N-])C[C@H]2C1=O. The van der Waals surface area contributed by atoms with E-state index in [1.807, 2.05) is 4.90 Å². The molecule has 0 unspecified atom stereocenters. The second kappa shape index (κ2) is 4.11. The van der Waals surface area contributed by atoms with Gasteiger partial charge < -0.3 is 4.90 Å². The smallest absolute Gasteiger partial charge is 0.234 e. The largest absolute Gasteiger partial charge is 0.302 e. The summed E-state index contributed by atoms with van der Waals surface area (Å²) in [5.41, 5.74) is 8.15. The summed E-state index contributed by atoms with van der Waals surface area (Å²) >= 11 is 0. The molecule has 0 aromatic rings. The summed E-state index contributed by atoms with van der Waals surface area (Å²) in [5.74, 6) is -0.547. The van der Waals surface area contributed by atoms with Crippen molar-refractivity contribution in [1.29, 1.82) is 0 Å². The van der Waals surface area contributed by atoms with Crippen LogP contribution in [0.15, 0.2) is 5.11 Å². The predicted molar refractivity (Wildman–Crippen MR) is 55.2 cm³/mol. The molecule has 2 heterocycles. The summed E-state index contributed by atoms with van der Waals surface area (Å²) in [6.45, 7) is 2.19. The maximum Gasteiger partial charge on any atom is 0.234 e. The first kappa shape index (κ1) is 10.9. The molecule has 2 amide bonds. The van der Waals surface area contributed by atoms with Crippen molar-refractivity contribution in [3.8, 4) is 0 Å². The molecule has 86 valence electrons. The van der Waals surface area contributed by atoms with E-state index >= 15 is 0 Å². The normalized spacial score (nSPS) is 29.4. The van der Waals surface area contributed by atoms with E-state index in [0.29, 0.717) is 26.2 Å². The van der Waals surface area contributed by atoms with Crippen molar-refractivity contribution in [3.05, 3.63) is 10.4 Å². The van der Waals surface area contributed by atoms with E-state index < -0.39 is 0 Å². The van der Waals surface area contributed by atoms with Gasteiger partial charge in [-0.3, -0.25) is 14.5 Å². The highest BCUT2D eigenvalue weighted by atomic mass is 16.2. The lowest BCUT2D eigenvalue weighted by atomic mass is 10.00. The molecule has 0 aromatic carbocycles. The molecule has 2 saturated heterocycles. The van der Waals surface area contributed by atoms with Crippen LogP contribution in [0.1, 0.15) is 0 Å². The molecule has 16 heavy (non-hydrogen) atoms. The van der Waals surface area contributed by atoms with Gasteiger partial charge in [-0.2, -0.15) is 0 Å². The van der Waals surface area contributed by atoms with Crippen molar-refractivity contribution in [3.63, 3.8) is 0 Å². The van der Waals surface area contributed by atoms with Gasteiger partial charge in [0, 0.05) is 38.1 Å². The average Bonchev–Trinajstić information content (AvgIpc) is 2.77. The van der Waals surface area contributed by atoms with Gasteiger partial charge in [0.1, 0.15) is 0 Å². The van der Waals surface area contributed by atoms with Gasteiger partial charge in [-0.05, 0) is 5.53 Å². The van der Waals surface area contributed by atoms with Crippen LogP contribution in [0.3, 0.4) is 0 Å². The quantitative estimate of drug-likeness (QED) is 0.288. The fraction of sp³-hybridized carbons (Fsp3) is 0.778. The number of fused-ring (bicyclic) bond motifs is 1. The Labute approximate surface area is 92.6 Å². The Bertz CT molecular complexity index is 352. The first-order valence-corrected chi connectivity index (χ1v) is 5.19. The number of likely N-dealkylation sites (tertiary alicyclic amines) is 2. The highest BCUT2D eigenvalue weighted by Crippen LogP contribution is 2.32. The minimum Gasteiger partial charge on any atom is -0.302 e. The van der Waals surface area contributed by atoms with Crippen molar-refractivity contribution in [2.75, 3.05) is 33.2 Å². The molecule has 0 bridgehead atoms. The third-order valence-corrected chi connectivity index (χ3v) is 3.27. The zero-order chi connectivity index (χ0) is 11.7. The van der Waals surface area contributed by atoms with Crippen molar-refractivity contribution in [2.45, 2.75) is 0 Å². The Kier molecular flexibility index (Phi) is 2.80. The Balaban J connectivity index is 1.96. The molecule has 0 N–H and O–H groups in total. The summed E-state index contributed by atoms with van der Waals surface area (Å²) in [4.78, 5) is 29.2. The molecule has 2 atom stereocenters. The Hall–Kier alpha value is -1.59. The molecule has 2 aliphatic rings. The molecular weight excluding hydrogens is 210 g/mol. The fourth-order valence-electron chi connectivity index (χ4n) is 2.41. The Morgan fingerprint density at radius 2 is 1.94 bits per heavy atom. The second-order valence-electron chi connectivity index (χ2n) is 4.16. The molecule has 2 rings (SSSR count). The molecule has 0 aliphatic carbocycles. The molecule has 0 aromatic heterocycles. The lowest BCUT2D eigenvalue weighted by Crippen LogP contribution is -2.34. The number of hydrogen-bond donors (Lipinski definition) is 0. The molecule has 7 nitrogen and oxygen atoms in total. The molecule has 0 spiro atoms. The third kappa shape index (κ3) is 1.64. The summed E-state index contributed by atoms with van der Waals surface area (Å²) in [7, 11) is 1.54. The van der Waals surface area contributed by atoms with Crippen LogP contribution < -0.4 is 0 Å². The molecule has 0 saturated carbocycles. The minimum atomic E-state index is -0.191. The molecular formula is C9H13N5O2. The Morgan fingerprint density at radius 1 is 1.38 bits per heavy atom. The van der Waals surface area contributed by atoms with E-state index in [9.17, 15) is 9.59 Å². The van der Waals surface area contributed by atoms with Gasteiger partial charge in [0.05, 0.1) is 11.8 Å². The Morgan fingerprint density at radius 3 is 2.44 bits per heavy atom. The standard InChI is InChI=1S/C9H13N5O2/c1-13-8(15)6-4-14(3-2-11-12-10)5-7(6)9(13)16/h6-7H,2-5H2,1H3/t6-,7-/m1/s1. The number of imide groups is 1. The van der Waals surface area contributed by atoms with Crippen LogP contribution in [0.25, 0.3) is 10.4 Å². The predicted octanol–water partition coefficient (Wildman–Crippen LogP) is -0.157. The van der Waals surface area contributed by atoms with E-state index in [-0.39, 0.29) is 23.7 Å². The summed E-state index contributed by atoms with van der Waals surface area (Å²) in [6.07, 6.45) is 0. The summed E-state index contributed by atoms with van der Waals surface area (Å²) < 4.78 is 0. The van der Waals surface area contributed by atoms with Gasteiger partial charge in [0.15, 0.2) is 0 Å². The third-order valence-electron chi connectivity index (χ3n) is 3.27. The maximum absolute atomic E-state index is 11.7. The van der Waals surface area contributed by atoms with E-state index in [1.54, 1.807) is 0 Å². The van der Waals surface area contributed by atoms with Crippen LogP contribution in [0.2, 0.25) is 0 Å². The number of carbonyl (C=O) groups is 2. The van der Waals surface area contributed by atoms with Gasteiger partial charge in [-0.1, -0.05) is 5.11 Å². The van der Waals surface area contributed by atoms with Crippen LogP contribution in [-0.2, 0) is 9.59 Å². The number of azide groups is 1. The molecule has 7 heteroatoms. The van der Waals surface area contributed by atoms with Crippen LogP contribution in [-0.4, -0.2) is 54.8 Å². The molecule has 0 radical (unpaired) electrons. The van der Waals surface area contributed by atoms with Crippen LogP contribution in [0.5, 0.6) is 0 Å². The lowest BCUT2D eigenvalue weighted by Gasteiger charge is -2.16. The topological polar surface area (TPSA) is 89.4 Å². The van der Waals surface area contributed by atoms with Gasteiger partial charge in [0.2, 0.25) is 11.8 Å². The van der Waals surface area contributed by atoms with Crippen molar-refractivity contribution < 1.29 is 9.59 Å². The van der Waals surface area contributed by atoms with E-state index in [1.165, 1.54) is 11.9 Å². The van der Waals surface area contributed by atoms with Crippen molar-refractivity contribution in [1.82, 2.24) is 9.80 Å². The van der Waals surface area contributed by atoms with Gasteiger partial charge in [-0.15, -0.1) is 0 Å². The number of amides is 2. The van der Waals surface area contributed by atoms with Gasteiger partial charge in [0.25, 0.3) is 0 Å². The van der Waals surface area contributed by atoms with Crippen LogP contribution >= 0.6 is 0 Å². The molecule has 2 fully saturated rings. The maximum atomic E-state index is 11.7. The summed E-state index contributed by atoms with van der Waals surface area (Å²) in [5, 5.41) is 3.44. The number of hydrogen-bond acceptors (Lipinski definition) is 4. The van der Waals surface area contributed by atoms with E-state index in [2.05, 4.69) is 10.0 Å². The average molecular weight is 223 g/mol. The highest BCUT2D eigenvalue weighted by molar-refractivity contribution is 6.05. The number of nitrogens with zero attached hydrogens (tertiary/aromatic N) is 5. The monoisotopic (exact) mass is 223 g/mol. The number of rotatable bonds is 3. The lowest BCUT2D eigenvalue weighted by molar-refractivity contribution is -0.138. The molecule has 2 aliphatic heterocycles. The minimum absolute atomic E-state index is 0.0821. The van der Waals surface area contributed by atoms with Crippen molar-refractivity contribution in [2.24, 2.45) is 17.0 Å². The van der Waals surface area contributed by atoms with Crippen LogP contribution in [0, 0.1) is 11.8 Å². The first-order chi connectivity index (χ1) is 7.65. The second-order valence-corrected chi connectivity index (χ2v) is 4.16. The zero-order valence-corrected chi connectivity index (χ0v) is 9.04. The highest BCUT2D eigenvalue weighted by Gasteiger charge is 2.50. The van der Waals surface area contributed by atoms with Crippen molar-refractivity contribution >= 4 is 11.8 Å². The fourth-order valence-corrected chi connectivity index (χ4v) is 2.41.